The SMILES string of the molecule is Cc1cc2c(c(=O)o1)C1(C(=O)N3CCCc4cccc1c43)C(C#N)=C(N)O2. The number of benzene rings is 1. The van der Waals surface area contributed by atoms with E-state index >= 15 is 0 Å². The molecule has 134 valence electrons. The average molecular weight is 361 g/mol. The number of nitriles is 1. The van der Waals surface area contributed by atoms with Gasteiger partial charge in [0.15, 0.2) is 5.41 Å². The zero-order valence-corrected chi connectivity index (χ0v) is 14.5. The van der Waals surface area contributed by atoms with E-state index in [9.17, 15) is 14.9 Å². The Balaban J connectivity index is 1.99. The molecular weight excluding hydrogens is 346 g/mol. The summed E-state index contributed by atoms with van der Waals surface area (Å²) >= 11 is 0. The van der Waals surface area contributed by atoms with E-state index in [2.05, 4.69) is 0 Å². The molecule has 5 rings (SSSR count). The van der Waals surface area contributed by atoms with Crippen LogP contribution in [0.2, 0.25) is 0 Å². The van der Waals surface area contributed by atoms with E-state index in [0.717, 1.165) is 24.1 Å². The van der Waals surface area contributed by atoms with Gasteiger partial charge in [-0.1, -0.05) is 18.2 Å². The van der Waals surface area contributed by atoms with Crippen molar-refractivity contribution < 1.29 is 13.9 Å². The number of hydrogen-bond acceptors (Lipinski definition) is 6. The van der Waals surface area contributed by atoms with Crippen LogP contribution in [0.25, 0.3) is 0 Å². The highest BCUT2D eigenvalue weighted by Crippen LogP contribution is 2.55. The summed E-state index contributed by atoms with van der Waals surface area (Å²) in [6, 6.07) is 9.14. The monoisotopic (exact) mass is 361 g/mol. The fraction of sp³-hybridized carbons (Fsp3) is 0.250. The number of aryl methyl sites for hydroxylation is 2. The van der Waals surface area contributed by atoms with Crippen LogP contribution in [0.3, 0.4) is 0 Å². The molecule has 0 saturated heterocycles. The number of fused-ring (bicyclic) bond motifs is 3. The zero-order chi connectivity index (χ0) is 18.9. The third-order valence-corrected chi connectivity index (χ3v) is 5.55. The van der Waals surface area contributed by atoms with E-state index in [1.807, 2.05) is 18.2 Å². The first kappa shape index (κ1) is 15.7. The number of ether oxygens (including phenoxy) is 1. The predicted molar refractivity (Wildman–Crippen MR) is 95.1 cm³/mol. The number of rotatable bonds is 0. The fourth-order valence-corrected chi connectivity index (χ4v) is 4.58. The van der Waals surface area contributed by atoms with Gasteiger partial charge in [0.2, 0.25) is 11.8 Å². The molecule has 7 nitrogen and oxygen atoms in total. The minimum Gasteiger partial charge on any atom is -0.440 e. The second kappa shape index (κ2) is 5.01. The van der Waals surface area contributed by atoms with Gasteiger partial charge in [0.25, 0.3) is 0 Å². The summed E-state index contributed by atoms with van der Waals surface area (Å²) in [5.74, 6) is -0.0283. The first-order chi connectivity index (χ1) is 13.0. The lowest BCUT2D eigenvalue weighted by atomic mass is 9.69. The standard InChI is InChI=1S/C20H15N3O4/c1-10-8-14-15(18(24)26-10)20(13(9-21)17(22)27-14)12-6-2-4-11-5-3-7-23(16(11)12)19(20)25/h2,4,6,8H,3,5,7,22H2,1H3. The Hall–Kier alpha value is -3.53. The predicted octanol–water partition coefficient (Wildman–Crippen LogP) is 1.61. The van der Waals surface area contributed by atoms with Gasteiger partial charge in [-0.25, -0.2) is 4.79 Å². The normalized spacial score (nSPS) is 22.4. The Labute approximate surface area is 154 Å². The highest BCUT2D eigenvalue weighted by atomic mass is 16.5. The van der Waals surface area contributed by atoms with Crippen molar-refractivity contribution in [2.24, 2.45) is 5.73 Å². The molecule has 4 heterocycles. The van der Waals surface area contributed by atoms with Crippen LogP contribution in [0.5, 0.6) is 5.75 Å². The summed E-state index contributed by atoms with van der Waals surface area (Å²) in [6.07, 6.45) is 1.64. The number of para-hydroxylation sites is 1. The lowest BCUT2D eigenvalue weighted by molar-refractivity contribution is -0.121. The number of anilines is 1. The van der Waals surface area contributed by atoms with Gasteiger partial charge in [0.1, 0.15) is 28.7 Å². The first-order valence-corrected chi connectivity index (χ1v) is 8.68. The molecule has 3 aliphatic heterocycles. The number of nitrogens with two attached hydrogens (primary N) is 1. The maximum absolute atomic E-state index is 13.7. The molecule has 0 fully saturated rings. The fourth-order valence-electron chi connectivity index (χ4n) is 4.58. The van der Waals surface area contributed by atoms with Crippen LogP contribution < -0.4 is 21.0 Å². The highest BCUT2D eigenvalue weighted by molar-refractivity contribution is 6.15. The van der Waals surface area contributed by atoms with Crippen LogP contribution in [0.15, 0.2) is 44.9 Å². The molecule has 1 aromatic carbocycles. The second-order valence-corrected chi connectivity index (χ2v) is 6.96. The van der Waals surface area contributed by atoms with Gasteiger partial charge in [0, 0.05) is 18.2 Å². The third-order valence-electron chi connectivity index (χ3n) is 5.55. The van der Waals surface area contributed by atoms with Crippen LogP contribution in [0.1, 0.15) is 28.9 Å². The number of amides is 1. The number of hydrogen-bond donors (Lipinski definition) is 1. The van der Waals surface area contributed by atoms with Crippen molar-refractivity contribution in [1.29, 1.82) is 5.26 Å². The topological polar surface area (TPSA) is 110 Å². The van der Waals surface area contributed by atoms with Crippen molar-refractivity contribution in [2.45, 2.75) is 25.2 Å². The molecular formula is C20H15N3O4. The maximum atomic E-state index is 13.7. The van der Waals surface area contributed by atoms with E-state index in [4.69, 9.17) is 14.9 Å². The van der Waals surface area contributed by atoms with Crippen molar-refractivity contribution in [3.8, 4) is 11.8 Å². The van der Waals surface area contributed by atoms with Gasteiger partial charge in [-0.05, 0) is 25.3 Å². The smallest absolute Gasteiger partial charge is 0.344 e. The number of nitrogens with zero attached hydrogens (tertiary/aromatic N) is 2. The van der Waals surface area contributed by atoms with Crippen molar-refractivity contribution in [3.05, 3.63) is 68.6 Å². The lowest BCUT2D eigenvalue weighted by Gasteiger charge is -2.33. The Kier molecular flexibility index (Phi) is 2.91. The molecule has 1 unspecified atom stereocenters. The highest BCUT2D eigenvalue weighted by Gasteiger charge is 2.61. The first-order valence-electron chi connectivity index (χ1n) is 8.68. The maximum Gasteiger partial charge on any atom is 0.344 e. The molecule has 7 heteroatoms. The summed E-state index contributed by atoms with van der Waals surface area (Å²) in [5, 5.41) is 9.87. The van der Waals surface area contributed by atoms with Crippen LogP contribution in [0, 0.1) is 18.3 Å². The van der Waals surface area contributed by atoms with E-state index in [-0.39, 0.29) is 28.7 Å². The molecule has 2 N–H and O–H groups in total. The minimum absolute atomic E-state index is 0.0200. The van der Waals surface area contributed by atoms with Gasteiger partial charge in [0.05, 0.1) is 5.69 Å². The lowest BCUT2D eigenvalue weighted by Crippen LogP contribution is -2.48. The van der Waals surface area contributed by atoms with E-state index < -0.39 is 11.0 Å². The Morgan fingerprint density at radius 1 is 1.33 bits per heavy atom. The molecule has 0 saturated carbocycles. The molecule has 1 aromatic heterocycles. The quantitative estimate of drug-likeness (QED) is 0.763. The van der Waals surface area contributed by atoms with Gasteiger partial charge < -0.3 is 19.8 Å². The number of carbonyl (C=O) groups excluding carboxylic acids is 1. The molecule has 0 bridgehead atoms. The third kappa shape index (κ3) is 1.70. The Morgan fingerprint density at radius 2 is 2.15 bits per heavy atom. The van der Waals surface area contributed by atoms with Crippen molar-refractivity contribution >= 4 is 11.6 Å². The van der Waals surface area contributed by atoms with Crippen LogP contribution >= 0.6 is 0 Å². The molecule has 0 radical (unpaired) electrons. The van der Waals surface area contributed by atoms with E-state index in [1.165, 1.54) is 6.07 Å². The van der Waals surface area contributed by atoms with E-state index in [1.54, 1.807) is 17.9 Å². The molecule has 1 spiro atoms. The summed E-state index contributed by atoms with van der Waals surface area (Å²) in [4.78, 5) is 28.3. The van der Waals surface area contributed by atoms with Crippen LogP contribution in [0.4, 0.5) is 5.69 Å². The summed E-state index contributed by atoms with van der Waals surface area (Å²) < 4.78 is 10.9. The van der Waals surface area contributed by atoms with Gasteiger partial charge in [-0.3, -0.25) is 4.79 Å². The van der Waals surface area contributed by atoms with Crippen molar-refractivity contribution in [2.75, 3.05) is 11.4 Å². The molecule has 3 aliphatic rings. The van der Waals surface area contributed by atoms with Crippen molar-refractivity contribution in [3.63, 3.8) is 0 Å². The van der Waals surface area contributed by atoms with Gasteiger partial charge in [-0.2, -0.15) is 5.26 Å². The zero-order valence-electron chi connectivity index (χ0n) is 14.5. The summed E-state index contributed by atoms with van der Waals surface area (Å²) in [5.41, 5.74) is 6.05. The average Bonchev–Trinajstić information content (AvgIpc) is 2.87. The van der Waals surface area contributed by atoms with Gasteiger partial charge >= 0.3 is 5.63 Å². The van der Waals surface area contributed by atoms with Gasteiger partial charge in [-0.15, -0.1) is 0 Å². The van der Waals surface area contributed by atoms with E-state index in [0.29, 0.717) is 17.9 Å². The Morgan fingerprint density at radius 3 is 2.93 bits per heavy atom. The molecule has 0 aliphatic carbocycles. The molecule has 1 atom stereocenters. The summed E-state index contributed by atoms with van der Waals surface area (Å²) in [7, 11) is 0. The largest absolute Gasteiger partial charge is 0.440 e. The Bertz CT molecular complexity index is 1170. The van der Waals surface area contributed by atoms with Crippen molar-refractivity contribution in [1.82, 2.24) is 0 Å². The van der Waals surface area contributed by atoms with Crippen LogP contribution in [-0.2, 0) is 16.6 Å². The summed E-state index contributed by atoms with van der Waals surface area (Å²) in [6.45, 7) is 2.14. The van der Waals surface area contributed by atoms with Crippen LogP contribution in [-0.4, -0.2) is 12.5 Å². The molecule has 27 heavy (non-hydrogen) atoms. The molecule has 2 aromatic rings. The number of carbonyl (C=O) groups is 1. The second-order valence-electron chi connectivity index (χ2n) is 6.96. The molecule has 1 amide bonds. The minimum atomic E-state index is -1.63.